The van der Waals surface area contributed by atoms with E-state index < -0.39 is 0 Å². The van der Waals surface area contributed by atoms with Crippen LogP contribution in [0.5, 0.6) is 0 Å². The van der Waals surface area contributed by atoms with E-state index in [9.17, 15) is 14.4 Å². The molecule has 0 bridgehead atoms. The second-order valence-corrected chi connectivity index (χ2v) is 6.38. The molecule has 2 aromatic rings. The molecule has 24 heavy (non-hydrogen) atoms. The number of rotatable bonds is 3. The van der Waals surface area contributed by atoms with Crippen molar-refractivity contribution in [3.8, 4) is 0 Å². The Labute approximate surface area is 146 Å². The van der Waals surface area contributed by atoms with Gasteiger partial charge >= 0.3 is 0 Å². The number of hydrogen-bond donors (Lipinski definition) is 0. The normalized spacial score (nSPS) is 14.7. The van der Waals surface area contributed by atoms with Crippen molar-refractivity contribution in [2.24, 2.45) is 0 Å². The molecule has 8 heteroatoms. The number of hydrogen-bond acceptors (Lipinski definition) is 4. The fraction of sp³-hybridized carbons (Fsp3) is 0.312. The van der Waals surface area contributed by atoms with Gasteiger partial charge in [0.1, 0.15) is 6.54 Å². The molecular weight excluding hydrogens is 378 g/mol. The van der Waals surface area contributed by atoms with Crippen molar-refractivity contribution in [3.05, 3.63) is 57.3 Å². The van der Waals surface area contributed by atoms with Gasteiger partial charge in [0.05, 0.1) is 6.26 Å². The maximum absolute atomic E-state index is 12.4. The Morgan fingerprint density at radius 3 is 2.46 bits per heavy atom. The molecule has 0 unspecified atom stereocenters. The molecule has 0 radical (unpaired) electrons. The molecule has 0 spiro atoms. The number of furan rings is 1. The van der Waals surface area contributed by atoms with E-state index in [1.54, 1.807) is 34.2 Å². The van der Waals surface area contributed by atoms with E-state index in [1.807, 2.05) is 0 Å². The lowest BCUT2D eigenvalue weighted by atomic mass is 10.2. The maximum Gasteiger partial charge on any atom is 0.289 e. The van der Waals surface area contributed by atoms with Gasteiger partial charge in [-0.15, -0.1) is 0 Å². The van der Waals surface area contributed by atoms with Crippen LogP contribution in [0.3, 0.4) is 0 Å². The lowest BCUT2D eigenvalue weighted by Crippen LogP contribution is -2.51. The monoisotopic (exact) mass is 393 g/mol. The summed E-state index contributed by atoms with van der Waals surface area (Å²) in [6.07, 6.45) is 3.06. The predicted molar refractivity (Wildman–Crippen MR) is 89.6 cm³/mol. The van der Waals surface area contributed by atoms with Crippen LogP contribution in [0.4, 0.5) is 0 Å². The summed E-state index contributed by atoms with van der Waals surface area (Å²) in [5, 5.41) is 0. The molecule has 0 N–H and O–H groups in total. The van der Waals surface area contributed by atoms with E-state index in [0.29, 0.717) is 31.9 Å². The SMILES string of the molecule is O=C(Cn1cc(Br)ccc1=O)N1CCN(C(=O)c2ccco2)CC1. The first-order chi connectivity index (χ1) is 11.5. The fourth-order valence-corrected chi connectivity index (χ4v) is 2.97. The Kier molecular flexibility index (Phi) is 4.84. The van der Waals surface area contributed by atoms with Crippen LogP contribution in [0.1, 0.15) is 10.6 Å². The Morgan fingerprint density at radius 2 is 1.79 bits per heavy atom. The Morgan fingerprint density at radius 1 is 1.08 bits per heavy atom. The van der Waals surface area contributed by atoms with Gasteiger partial charge in [0.25, 0.3) is 11.5 Å². The van der Waals surface area contributed by atoms with Gasteiger partial charge in [-0.1, -0.05) is 0 Å². The van der Waals surface area contributed by atoms with Crippen LogP contribution < -0.4 is 5.56 Å². The molecule has 0 atom stereocenters. The number of pyridine rings is 1. The van der Waals surface area contributed by atoms with Gasteiger partial charge in [0.15, 0.2) is 5.76 Å². The summed E-state index contributed by atoms with van der Waals surface area (Å²) in [5.41, 5.74) is -0.224. The second-order valence-electron chi connectivity index (χ2n) is 5.46. The van der Waals surface area contributed by atoms with E-state index >= 15 is 0 Å². The van der Waals surface area contributed by atoms with Crippen LogP contribution >= 0.6 is 15.9 Å². The predicted octanol–water partition coefficient (Wildman–Crippen LogP) is 1.19. The molecular formula is C16H16BrN3O4. The molecule has 3 rings (SSSR count). The minimum absolute atomic E-state index is 0.00952. The third kappa shape index (κ3) is 3.59. The largest absolute Gasteiger partial charge is 0.459 e. The molecule has 0 saturated carbocycles. The highest BCUT2D eigenvalue weighted by Gasteiger charge is 2.26. The molecule has 1 fully saturated rings. The third-order valence-corrected chi connectivity index (χ3v) is 4.37. The van der Waals surface area contributed by atoms with Crippen molar-refractivity contribution >= 4 is 27.7 Å². The van der Waals surface area contributed by atoms with Crippen molar-refractivity contribution in [1.29, 1.82) is 0 Å². The quantitative estimate of drug-likeness (QED) is 0.784. The molecule has 7 nitrogen and oxygen atoms in total. The fourth-order valence-electron chi connectivity index (χ4n) is 2.59. The molecule has 2 amide bonds. The van der Waals surface area contributed by atoms with Gasteiger partial charge in [-0.05, 0) is 34.1 Å². The third-order valence-electron chi connectivity index (χ3n) is 3.90. The van der Waals surface area contributed by atoms with Gasteiger partial charge in [-0.2, -0.15) is 0 Å². The topological polar surface area (TPSA) is 75.8 Å². The van der Waals surface area contributed by atoms with Crippen LogP contribution in [-0.2, 0) is 11.3 Å². The van der Waals surface area contributed by atoms with Crippen LogP contribution in [0.25, 0.3) is 0 Å². The number of aromatic nitrogens is 1. The Bertz CT molecular complexity index is 792. The highest BCUT2D eigenvalue weighted by molar-refractivity contribution is 9.10. The van der Waals surface area contributed by atoms with Crippen LogP contribution in [-0.4, -0.2) is 52.4 Å². The van der Waals surface area contributed by atoms with E-state index in [1.165, 1.54) is 16.9 Å². The van der Waals surface area contributed by atoms with Crippen molar-refractivity contribution in [3.63, 3.8) is 0 Å². The molecule has 1 saturated heterocycles. The molecule has 2 aromatic heterocycles. The summed E-state index contributed by atoms with van der Waals surface area (Å²) in [4.78, 5) is 39.7. The first-order valence-corrected chi connectivity index (χ1v) is 8.30. The molecule has 1 aliphatic heterocycles. The highest BCUT2D eigenvalue weighted by atomic mass is 79.9. The Balaban J connectivity index is 1.58. The van der Waals surface area contributed by atoms with E-state index in [0.717, 1.165) is 4.47 Å². The number of carbonyl (C=O) groups is 2. The summed E-state index contributed by atoms with van der Waals surface area (Å²) in [6.45, 7) is 1.75. The van der Waals surface area contributed by atoms with Crippen molar-refractivity contribution in [2.75, 3.05) is 26.2 Å². The standard InChI is InChI=1S/C16H16BrN3O4/c17-12-3-4-14(21)20(10-12)11-15(22)18-5-7-19(8-6-18)16(23)13-2-1-9-24-13/h1-4,9-10H,5-8,11H2. The number of amides is 2. The van der Waals surface area contributed by atoms with Gasteiger partial charge in [-0.3, -0.25) is 14.4 Å². The summed E-state index contributed by atoms with van der Waals surface area (Å²) >= 11 is 3.29. The zero-order valence-corrected chi connectivity index (χ0v) is 14.4. The van der Waals surface area contributed by atoms with Gasteiger partial charge in [0, 0.05) is 42.9 Å². The van der Waals surface area contributed by atoms with Crippen LogP contribution in [0.2, 0.25) is 0 Å². The first kappa shape index (κ1) is 16.5. The summed E-state index contributed by atoms with van der Waals surface area (Å²) in [7, 11) is 0. The zero-order chi connectivity index (χ0) is 17.1. The van der Waals surface area contributed by atoms with Crippen molar-refractivity contribution < 1.29 is 14.0 Å². The second kappa shape index (κ2) is 7.04. The summed E-state index contributed by atoms with van der Waals surface area (Å²) < 4.78 is 7.22. The summed E-state index contributed by atoms with van der Waals surface area (Å²) in [5.74, 6) is -0.00827. The molecule has 0 aliphatic carbocycles. The molecule has 0 aromatic carbocycles. The lowest BCUT2D eigenvalue weighted by molar-refractivity contribution is -0.133. The average molecular weight is 394 g/mol. The van der Waals surface area contributed by atoms with E-state index in [4.69, 9.17) is 4.42 Å². The van der Waals surface area contributed by atoms with Gasteiger partial charge in [-0.25, -0.2) is 0 Å². The molecule has 1 aliphatic rings. The lowest BCUT2D eigenvalue weighted by Gasteiger charge is -2.34. The average Bonchev–Trinajstić information content (AvgIpc) is 3.12. The number of nitrogens with zero attached hydrogens (tertiary/aromatic N) is 3. The number of piperazine rings is 1. The minimum Gasteiger partial charge on any atom is -0.459 e. The Hall–Kier alpha value is -2.35. The van der Waals surface area contributed by atoms with E-state index in [2.05, 4.69) is 15.9 Å². The summed E-state index contributed by atoms with van der Waals surface area (Å²) in [6, 6.07) is 6.35. The van der Waals surface area contributed by atoms with E-state index in [-0.39, 0.29) is 23.9 Å². The highest BCUT2D eigenvalue weighted by Crippen LogP contribution is 2.10. The molecule has 3 heterocycles. The molecule has 126 valence electrons. The van der Waals surface area contributed by atoms with Crippen molar-refractivity contribution in [1.82, 2.24) is 14.4 Å². The van der Waals surface area contributed by atoms with Crippen LogP contribution in [0.15, 0.2) is 50.4 Å². The van der Waals surface area contributed by atoms with Crippen LogP contribution in [0, 0.1) is 0 Å². The van der Waals surface area contributed by atoms with Crippen molar-refractivity contribution in [2.45, 2.75) is 6.54 Å². The first-order valence-electron chi connectivity index (χ1n) is 7.51. The van der Waals surface area contributed by atoms with Gasteiger partial charge < -0.3 is 18.8 Å². The smallest absolute Gasteiger partial charge is 0.289 e. The number of halogens is 1. The van der Waals surface area contributed by atoms with Gasteiger partial charge in [0.2, 0.25) is 5.91 Å². The zero-order valence-electron chi connectivity index (χ0n) is 12.9. The minimum atomic E-state index is -0.224. The number of carbonyl (C=O) groups excluding carboxylic acids is 2. The maximum atomic E-state index is 12.4.